The molecule has 0 aliphatic heterocycles. The third-order valence-electron chi connectivity index (χ3n) is 5.98. The molecule has 0 unspecified atom stereocenters. The Balaban J connectivity index is 1.30. The van der Waals surface area contributed by atoms with E-state index in [4.69, 9.17) is 5.73 Å². The van der Waals surface area contributed by atoms with Crippen molar-refractivity contribution in [1.29, 1.82) is 0 Å². The lowest BCUT2D eigenvalue weighted by Gasteiger charge is -2.14. The predicted molar refractivity (Wildman–Crippen MR) is 150 cm³/mol. The Bertz CT molecular complexity index is 1540. The van der Waals surface area contributed by atoms with Gasteiger partial charge in [-0.25, -0.2) is 4.98 Å². The van der Waals surface area contributed by atoms with E-state index < -0.39 is 0 Å². The number of carbonyl (C=O) groups excluding carboxylic acids is 1. The molecule has 0 saturated carbocycles. The number of nitrogens with one attached hydrogen (secondary N) is 2. The van der Waals surface area contributed by atoms with Crippen LogP contribution in [0.15, 0.2) is 78.4 Å². The van der Waals surface area contributed by atoms with Gasteiger partial charge in [-0.3, -0.25) is 4.79 Å². The van der Waals surface area contributed by atoms with Crippen LogP contribution in [0.25, 0.3) is 21.7 Å². The molecule has 0 aliphatic rings. The van der Waals surface area contributed by atoms with Crippen LogP contribution in [-0.4, -0.2) is 25.7 Å². The summed E-state index contributed by atoms with van der Waals surface area (Å²) in [6, 6.07) is 19.1. The summed E-state index contributed by atoms with van der Waals surface area (Å²) in [4.78, 5) is 18.5. The summed E-state index contributed by atoms with van der Waals surface area (Å²) in [5.41, 5.74) is 11.4. The molecule has 0 bridgehead atoms. The van der Waals surface area contributed by atoms with Crippen LogP contribution in [0.3, 0.4) is 0 Å². The number of hydrogen-bond acceptors (Lipinski definition) is 7. The molecule has 186 valence electrons. The monoisotopic (exact) mass is 509 g/mol. The lowest BCUT2D eigenvalue weighted by atomic mass is 10.1. The van der Waals surface area contributed by atoms with Gasteiger partial charge in [0.25, 0.3) is 5.91 Å². The molecule has 0 aliphatic carbocycles. The van der Waals surface area contributed by atoms with Gasteiger partial charge in [0.05, 0.1) is 29.5 Å². The topological polar surface area (TPSA) is 111 Å². The van der Waals surface area contributed by atoms with Gasteiger partial charge in [0, 0.05) is 27.7 Å². The number of aromatic nitrogens is 4. The lowest BCUT2D eigenvalue weighted by Crippen LogP contribution is -2.13. The van der Waals surface area contributed by atoms with Gasteiger partial charge in [-0.05, 0) is 80.2 Å². The van der Waals surface area contributed by atoms with E-state index in [-0.39, 0.29) is 11.9 Å². The van der Waals surface area contributed by atoms with Crippen LogP contribution < -0.4 is 16.4 Å². The molecule has 4 N–H and O–H groups in total. The first-order valence-corrected chi connectivity index (χ1v) is 12.8. The number of rotatable bonds is 7. The van der Waals surface area contributed by atoms with Crippen LogP contribution in [-0.2, 0) is 0 Å². The van der Waals surface area contributed by atoms with Crippen molar-refractivity contribution in [2.24, 2.45) is 0 Å². The number of aryl methyl sites for hydroxylation is 1. The number of amides is 1. The summed E-state index contributed by atoms with van der Waals surface area (Å²) in [6.45, 7) is 6.24. The maximum Gasteiger partial charge on any atom is 0.255 e. The van der Waals surface area contributed by atoms with E-state index in [0.29, 0.717) is 22.8 Å². The highest BCUT2D eigenvalue weighted by Gasteiger charge is 2.14. The summed E-state index contributed by atoms with van der Waals surface area (Å²) in [5.74, 6) is 1.31. The van der Waals surface area contributed by atoms with Gasteiger partial charge in [0.15, 0.2) is 5.82 Å². The molecule has 5 aromatic rings. The van der Waals surface area contributed by atoms with Crippen molar-refractivity contribution in [1.82, 2.24) is 19.7 Å². The molecule has 3 aromatic heterocycles. The van der Waals surface area contributed by atoms with Crippen LogP contribution in [0, 0.1) is 6.92 Å². The Morgan fingerprint density at radius 3 is 2.57 bits per heavy atom. The standard InChI is InChI=1S/C28H27N7OS/c1-17(2)35-18(3)30-16-25(35)21-14-27(34-31-15-21)32-22-9-6-19(7-10-22)28(36)33-24-13-20(8-11-23(24)29)26-5-4-12-37-26/h4-17H,29H2,1-3H3,(H,32,34)(H,33,36). The van der Waals surface area contributed by atoms with Gasteiger partial charge >= 0.3 is 0 Å². The number of hydrogen-bond donors (Lipinski definition) is 3. The minimum Gasteiger partial charge on any atom is -0.397 e. The summed E-state index contributed by atoms with van der Waals surface area (Å²) in [6.07, 6.45) is 3.58. The van der Waals surface area contributed by atoms with Crippen molar-refractivity contribution >= 4 is 40.1 Å². The first kappa shape index (κ1) is 24.2. The van der Waals surface area contributed by atoms with Crippen LogP contribution >= 0.6 is 11.3 Å². The molecule has 2 aromatic carbocycles. The fourth-order valence-electron chi connectivity index (χ4n) is 4.19. The number of carbonyl (C=O) groups is 1. The summed E-state index contributed by atoms with van der Waals surface area (Å²) >= 11 is 1.64. The largest absolute Gasteiger partial charge is 0.397 e. The smallest absolute Gasteiger partial charge is 0.255 e. The quantitative estimate of drug-likeness (QED) is 0.215. The highest BCUT2D eigenvalue weighted by molar-refractivity contribution is 7.13. The maximum absolute atomic E-state index is 12.9. The number of anilines is 4. The Hall–Kier alpha value is -4.50. The van der Waals surface area contributed by atoms with Gasteiger partial charge in [-0.1, -0.05) is 12.1 Å². The number of benzene rings is 2. The van der Waals surface area contributed by atoms with Crippen LogP contribution in [0.5, 0.6) is 0 Å². The Morgan fingerprint density at radius 2 is 1.84 bits per heavy atom. The van der Waals surface area contributed by atoms with Crippen LogP contribution in [0.4, 0.5) is 22.9 Å². The number of nitrogens with zero attached hydrogens (tertiary/aromatic N) is 4. The summed E-state index contributed by atoms with van der Waals surface area (Å²) in [7, 11) is 0. The zero-order chi connectivity index (χ0) is 25.9. The fraction of sp³-hybridized carbons (Fsp3) is 0.143. The molecule has 37 heavy (non-hydrogen) atoms. The number of imidazole rings is 1. The summed E-state index contributed by atoms with van der Waals surface area (Å²) < 4.78 is 2.16. The number of thiophene rings is 1. The average molecular weight is 510 g/mol. The zero-order valence-electron chi connectivity index (χ0n) is 20.8. The van der Waals surface area contributed by atoms with E-state index in [9.17, 15) is 4.79 Å². The van der Waals surface area contributed by atoms with E-state index in [2.05, 4.69) is 44.2 Å². The van der Waals surface area contributed by atoms with Crippen molar-refractivity contribution in [3.05, 3.63) is 89.8 Å². The molecule has 0 fully saturated rings. The SMILES string of the molecule is Cc1ncc(-c2cnnc(Nc3ccc(C(=O)Nc4cc(-c5cccs5)ccc4N)cc3)c2)n1C(C)C. The van der Waals surface area contributed by atoms with E-state index >= 15 is 0 Å². The Kier molecular flexibility index (Phi) is 6.70. The van der Waals surface area contributed by atoms with Gasteiger partial charge in [0.2, 0.25) is 0 Å². The molecular formula is C28H27N7OS. The fourth-order valence-corrected chi connectivity index (χ4v) is 4.92. The highest BCUT2D eigenvalue weighted by atomic mass is 32.1. The van der Waals surface area contributed by atoms with Crippen molar-refractivity contribution in [3.8, 4) is 21.7 Å². The van der Waals surface area contributed by atoms with Crippen LogP contribution in [0.1, 0.15) is 36.1 Å². The van der Waals surface area contributed by atoms with Gasteiger partial charge in [0.1, 0.15) is 5.82 Å². The highest BCUT2D eigenvalue weighted by Crippen LogP contribution is 2.31. The molecular weight excluding hydrogens is 482 g/mol. The number of nitrogens with two attached hydrogens (primary N) is 1. The van der Waals surface area contributed by atoms with Crippen molar-refractivity contribution in [2.75, 3.05) is 16.4 Å². The normalized spacial score (nSPS) is 11.0. The summed E-state index contributed by atoms with van der Waals surface area (Å²) in [5, 5.41) is 16.6. The predicted octanol–water partition coefficient (Wildman–Crippen LogP) is 6.54. The van der Waals surface area contributed by atoms with E-state index in [1.807, 2.05) is 67.0 Å². The second kappa shape index (κ2) is 10.2. The van der Waals surface area contributed by atoms with E-state index in [1.54, 1.807) is 29.7 Å². The minimum atomic E-state index is -0.235. The first-order valence-electron chi connectivity index (χ1n) is 11.9. The van der Waals surface area contributed by atoms with Gasteiger partial charge in [-0.2, -0.15) is 5.10 Å². The second-order valence-corrected chi connectivity index (χ2v) is 9.87. The molecule has 0 saturated heterocycles. The molecule has 1 amide bonds. The second-order valence-electron chi connectivity index (χ2n) is 8.92. The lowest BCUT2D eigenvalue weighted by molar-refractivity contribution is 0.102. The molecule has 9 heteroatoms. The molecule has 0 atom stereocenters. The van der Waals surface area contributed by atoms with Crippen molar-refractivity contribution < 1.29 is 4.79 Å². The Labute approximate surface area is 219 Å². The molecule has 3 heterocycles. The zero-order valence-corrected chi connectivity index (χ0v) is 21.6. The Morgan fingerprint density at radius 1 is 1.03 bits per heavy atom. The minimum absolute atomic E-state index is 0.235. The van der Waals surface area contributed by atoms with E-state index in [0.717, 1.165) is 33.2 Å². The van der Waals surface area contributed by atoms with Crippen molar-refractivity contribution in [2.45, 2.75) is 26.8 Å². The van der Waals surface area contributed by atoms with Crippen molar-refractivity contribution in [3.63, 3.8) is 0 Å². The molecule has 5 rings (SSSR count). The van der Waals surface area contributed by atoms with Crippen LogP contribution in [0.2, 0.25) is 0 Å². The van der Waals surface area contributed by atoms with E-state index in [1.165, 1.54) is 0 Å². The molecule has 0 spiro atoms. The molecule has 8 nitrogen and oxygen atoms in total. The third kappa shape index (κ3) is 5.22. The first-order chi connectivity index (χ1) is 17.9. The molecule has 0 radical (unpaired) electrons. The van der Waals surface area contributed by atoms with Gasteiger partial charge < -0.3 is 20.9 Å². The number of nitrogen functional groups attached to an aromatic ring is 1. The van der Waals surface area contributed by atoms with Gasteiger partial charge in [-0.15, -0.1) is 16.4 Å². The maximum atomic E-state index is 12.9. The average Bonchev–Trinajstić information content (AvgIpc) is 3.56. The third-order valence-corrected chi connectivity index (χ3v) is 6.89.